The van der Waals surface area contributed by atoms with Gasteiger partial charge in [0.05, 0.1) is 41.3 Å². The summed E-state index contributed by atoms with van der Waals surface area (Å²) in [5.41, 5.74) is 10.6. The molecule has 5 atom stereocenters. The second-order valence-corrected chi connectivity index (χ2v) is 11.4. The maximum absolute atomic E-state index is 12.2. The Kier molecular flexibility index (Phi) is 23.9. The number of hydrogen-bond donors (Lipinski definition) is 7. The van der Waals surface area contributed by atoms with Crippen LogP contribution in [0.5, 0.6) is 0 Å². The fraction of sp³-hybridized carbons (Fsp3) is 0.640. The van der Waals surface area contributed by atoms with E-state index in [9.17, 15) is 43.2 Å². The van der Waals surface area contributed by atoms with E-state index in [1.54, 1.807) is 0 Å². The molecule has 2 amide bonds. The molecule has 0 saturated heterocycles. The molecule has 0 aliphatic rings. The standard InChI is InChI=1S/C16H25N3O10S.C9H15NO6S/c1-28-13(23)5-10(16(27)29-2)30-7-9(14(24)18-6-12(21)22)19-11(20)4-3-8(17)15(25)26;1-15-7(11)3-6(9(14)16-2)17-4-5(10)8(12)13/h8-10H,3-7,17H2,1-2H3,(H,18,24)(H,19,20)(H,21,22)(H,25,26);5-6H,3-4,10H2,1-2H3,(H,12,13)/t8?,9-,10?;5-,6?/m00/s1. The van der Waals surface area contributed by atoms with Crippen molar-refractivity contribution in [2.45, 2.75) is 54.3 Å². The number of nitrogens with two attached hydrogens (primary N) is 2. The Bertz CT molecular complexity index is 1110. The number of rotatable bonds is 21. The highest BCUT2D eigenvalue weighted by Crippen LogP contribution is 2.19. The molecule has 47 heavy (non-hydrogen) atoms. The van der Waals surface area contributed by atoms with E-state index in [1.165, 1.54) is 14.2 Å². The van der Waals surface area contributed by atoms with Gasteiger partial charge in [0.2, 0.25) is 11.8 Å². The van der Waals surface area contributed by atoms with Crippen LogP contribution in [0.1, 0.15) is 25.7 Å². The van der Waals surface area contributed by atoms with Crippen molar-refractivity contribution < 1.29 is 77.4 Å². The molecule has 0 aliphatic heterocycles. The van der Waals surface area contributed by atoms with E-state index in [-0.39, 0.29) is 37.2 Å². The molecule has 0 rings (SSSR count). The first-order chi connectivity index (χ1) is 21.9. The average Bonchev–Trinajstić information content (AvgIpc) is 3.04. The van der Waals surface area contributed by atoms with Gasteiger partial charge in [-0.25, -0.2) is 0 Å². The first-order valence-corrected chi connectivity index (χ1v) is 15.3. The first-order valence-electron chi connectivity index (χ1n) is 13.2. The predicted molar refractivity (Wildman–Crippen MR) is 163 cm³/mol. The lowest BCUT2D eigenvalue weighted by Crippen LogP contribution is -2.50. The van der Waals surface area contributed by atoms with Gasteiger partial charge in [0.25, 0.3) is 0 Å². The largest absolute Gasteiger partial charge is 0.480 e. The highest BCUT2D eigenvalue weighted by atomic mass is 32.2. The van der Waals surface area contributed by atoms with Gasteiger partial charge in [-0.2, -0.15) is 0 Å². The maximum atomic E-state index is 12.2. The molecule has 0 saturated carbocycles. The van der Waals surface area contributed by atoms with E-state index in [2.05, 4.69) is 29.6 Å². The van der Waals surface area contributed by atoms with Crippen molar-refractivity contribution in [1.82, 2.24) is 10.6 Å². The Labute approximate surface area is 277 Å². The smallest absolute Gasteiger partial charge is 0.322 e. The summed E-state index contributed by atoms with van der Waals surface area (Å²) in [5.74, 6) is -8.16. The number of aliphatic carboxylic acids is 3. The second-order valence-electron chi connectivity index (χ2n) is 8.91. The minimum atomic E-state index is -1.31. The fourth-order valence-corrected chi connectivity index (χ4v) is 5.02. The third-order valence-corrected chi connectivity index (χ3v) is 8.01. The SMILES string of the molecule is COC(=O)CC(SC[C@H](N)C(=O)O)C(=O)OC.COC(=O)CC(SC[C@H](NC(=O)CCC(N)C(=O)O)C(=O)NCC(=O)O)C(=O)OC. The van der Waals surface area contributed by atoms with E-state index in [0.29, 0.717) is 0 Å². The topological polar surface area (TPSA) is 327 Å². The molecule has 0 radical (unpaired) electrons. The molecule has 0 aliphatic carbocycles. The number of carbonyl (C=O) groups excluding carboxylic acids is 6. The van der Waals surface area contributed by atoms with Gasteiger partial charge in [-0.3, -0.25) is 43.2 Å². The molecule has 0 aromatic rings. The van der Waals surface area contributed by atoms with Crippen LogP contribution in [0, 0.1) is 0 Å². The van der Waals surface area contributed by atoms with Crippen molar-refractivity contribution >= 4 is 77.1 Å². The van der Waals surface area contributed by atoms with Crippen molar-refractivity contribution in [3.8, 4) is 0 Å². The minimum absolute atomic E-state index is 0.00605. The average molecular weight is 717 g/mol. The third kappa shape index (κ3) is 21.3. The molecule has 22 heteroatoms. The number of carboxylic acids is 3. The summed E-state index contributed by atoms with van der Waals surface area (Å²) < 4.78 is 18.0. The quantitative estimate of drug-likeness (QED) is 0.0458. The molecular formula is C25H40N4O16S2. The van der Waals surface area contributed by atoms with Gasteiger partial charge in [0, 0.05) is 17.9 Å². The van der Waals surface area contributed by atoms with Crippen LogP contribution in [0.3, 0.4) is 0 Å². The molecule has 3 unspecified atom stereocenters. The number of carboxylic acid groups (broad SMARTS) is 3. The number of methoxy groups -OCH3 is 4. The van der Waals surface area contributed by atoms with Crippen LogP contribution in [0.4, 0.5) is 0 Å². The summed E-state index contributed by atoms with van der Waals surface area (Å²) in [6.45, 7) is -0.706. The number of carbonyl (C=O) groups is 9. The summed E-state index contributed by atoms with van der Waals surface area (Å²) in [6.07, 6.45) is -1.02. The lowest BCUT2D eigenvalue weighted by molar-refractivity contribution is -0.146. The Morgan fingerprint density at radius 2 is 1.13 bits per heavy atom. The molecule has 0 aromatic carbocycles. The fourth-order valence-electron chi connectivity index (χ4n) is 2.80. The second kappa shape index (κ2) is 25.0. The summed E-state index contributed by atoms with van der Waals surface area (Å²) in [6, 6.07) is -3.63. The summed E-state index contributed by atoms with van der Waals surface area (Å²) >= 11 is 1.78. The maximum Gasteiger partial charge on any atom is 0.322 e. The predicted octanol–water partition coefficient (Wildman–Crippen LogP) is -3.06. The van der Waals surface area contributed by atoms with Gasteiger partial charge in [-0.05, 0) is 6.42 Å². The molecule has 0 heterocycles. The molecule has 268 valence electrons. The molecule has 9 N–H and O–H groups in total. The third-order valence-electron chi connectivity index (χ3n) is 5.41. The van der Waals surface area contributed by atoms with Gasteiger partial charge in [0.15, 0.2) is 0 Å². The number of ether oxygens (including phenoxy) is 4. The van der Waals surface area contributed by atoms with Crippen LogP contribution in [-0.4, -0.2) is 144 Å². The highest BCUT2D eigenvalue weighted by molar-refractivity contribution is 8.00. The zero-order valence-electron chi connectivity index (χ0n) is 26.0. The Morgan fingerprint density at radius 1 is 0.681 bits per heavy atom. The Balaban J connectivity index is 0. The van der Waals surface area contributed by atoms with Crippen molar-refractivity contribution in [2.24, 2.45) is 11.5 Å². The monoisotopic (exact) mass is 716 g/mol. The molecular weight excluding hydrogens is 676 g/mol. The summed E-state index contributed by atoms with van der Waals surface area (Å²) in [7, 11) is 4.62. The van der Waals surface area contributed by atoms with E-state index in [1.807, 2.05) is 0 Å². The van der Waals surface area contributed by atoms with Gasteiger partial charge in [-0.15, -0.1) is 23.5 Å². The lowest BCUT2D eigenvalue weighted by Gasteiger charge is -2.20. The van der Waals surface area contributed by atoms with E-state index < -0.39 is 88.8 Å². The van der Waals surface area contributed by atoms with Gasteiger partial charge < -0.3 is 56.4 Å². The van der Waals surface area contributed by atoms with Crippen molar-refractivity contribution in [1.29, 1.82) is 0 Å². The van der Waals surface area contributed by atoms with Crippen LogP contribution < -0.4 is 22.1 Å². The molecule has 0 spiro atoms. The van der Waals surface area contributed by atoms with Crippen LogP contribution in [-0.2, 0) is 62.1 Å². The number of esters is 4. The van der Waals surface area contributed by atoms with Crippen LogP contribution >= 0.6 is 23.5 Å². The van der Waals surface area contributed by atoms with Crippen LogP contribution in [0.2, 0.25) is 0 Å². The van der Waals surface area contributed by atoms with Crippen LogP contribution in [0.15, 0.2) is 0 Å². The van der Waals surface area contributed by atoms with Crippen molar-refractivity contribution in [3.05, 3.63) is 0 Å². The molecule has 0 bridgehead atoms. The molecule has 20 nitrogen and oxygen atoms in total. The number of amides is 2. The normalized spacial score (nSPS) is 13.4. The number of nitrogens with one attached hydrogen (secondary N) is 2. The van der Waals surface area contributed by atoms with E-state index >= 15 is 0 Å². The Morgan fingerprint density at radius 3 is 1.51 bits per heavy atom. The zero-order valence-corrected chi connectivity index (χ0v) is 27.6. The lowest BCUT2D eigenvalue weighted by atomic mass is 10.1. The Hall–Kier alpha value is -4.15. The van der Waals surface area contributed by atoms with Crippen molar-refractivity contribution in [2.75, 3.05) is 46.5 Å². The van der Waals surface area contributed by atoms with Gasteiger partial charge >= 0.3 is 41.8 Å². The number of thioether (sulfide) groups is 2. The summed E-state index contributed by atoms with van der Waals surface area (Å²) in [4.78, 5) is 102. The first kappa shape index (κ1) is 45.0. The highest BCUT2D eigenvalue weighted by Gasteiger charge is 2.29. The van der Waals surface area contributed by atoms with E-state index in [4.69, 9.17) is 26.8 Å². The zero-order chi connectivity index (χ0) is 36.7. The van der Waals surface area contributed by atoms with E-state index in [0.717, 1.165) is 37.7 Å². The van der Waals surface area contributed by atoms with Gasteiger partial charge in [-0.1, -0.05) is 0 Å². The molecule has 0 fully saturated rings. The molecule has 0 aromatic heterocycles. The van der Waals surface area contributed by atoms with Crippen molar-refractivity contribution in [3.63, 3.8) is 0 Å². The van der Waals surface area contributed by atoms with Crippen LogP contribution in [0.25, 0.3) is 0 Å². The van der Waals surface area contributed by atoms with Gasteiger partial charge in [0.1, 0.15) is 35.2 Å². The summed E-state index contributed by atoms with van der Waals surface area (Å²) in [5, 5.41) is 28.6. The minimum Gasteiger partial charge on any atom is -0.480 e. The number of hydrogen-bond acceptors (Lipinski definition) is 17.